The first-order valence-electron chi connectivity index (χ1n) is 7.61. The summed E-state index contributed by atoms with van der Waals surface area (Å²) in [6.45, 7) is 2.32. The SMILES string of the molecule is CCC1CCCC(Nc2ccc(-c3nccs3)cc2)C1. The number of nitrogens with zero attached hydrogens (tertiary/aromatic N) is 1. The third-order valence-electron chi connectivity index (χ3n) is 4.30. The molecule has 1 heterocycles. The molecular weight excluding hydrogens is 264 g/mol. The van der Waals surface area contributed by atoms with E-state index < -0.39 is 0 Å². The van der Waals surface area contributed by atoms with Crippen LogP contribution in [0.4, 0.5) is 5.69 Å². The Morgan fingerprint density at radius 3 is 2.80 bits per heavy atom. The van der Waals surface area contributed by atoms with Crippen LogP contribution in [0.1, 0.15) is 39.0 Å². The van der Waals surface area contributed by atoms with Gasteiger partial charge in [0, 0.05) is 28.9 Å². The second kappa shape index (κ2) is 6.40. The molecule has 3 rings (SSSR count). The van der Waals surface area contributed by atoms with Crippen molar-refractivity contribution >= 4 is 17.0 Å². The van der Waals surface area contributed by atoms with Gasteiger partial charge in [-0.2, -0.15) is 0 Å². The van der Waals surface area contributed by atoms with Gasteiger partial charge in [0.2, 0.25) is 0 Å². The lowest BCUT2D eigenvalue weighted by molar-refractivity contribution is 0.327. The molecule has 0 spiro atoms. The summed E-state index contributed by atoms with van der Waals surface area (Å²) in [5.41, 5.74) is 2.45. The molecule has 1 aliphatic rings. The highest BCUT2D eigenvalue weighted by atomic mass is 32.1. The lowest BCUT2D eigenvalue weighted by Crippen LogP contribution is -2.26. The number of hydrogen-bond donors (Lipinski definition) is 1. The van der Waals surface area contributed by atoms with Crippen molar-refractivity contribution in [3.8, 4) is 10.6 Å². The van der Waals surface area contributed by atoms with Crippen LogP contribution < -0.4 is 5.32 Å². The van der Waals surface area contributed by atoms with Gasteiger partial charge in [0.15, 0.2) is 0 Å². The zero-order valence-corrected chi connectivity index (χ0v) is 12.8. The Hall–Kier alpha value is -1.35. The average molecular weight is 286 g/mol. The summed E-state index contributed by atoms with van der Waals surface area (Å²) in [6.07, 6.45) is 8.60. The largest absolute Gasteiger partial charge is 0.382 e. The third-order valence-corrected chi connectivity index (χ3v) is 5.12. The Labute approximate surface area is 125 Å². The van der Waals surface area contributed by atoms with Crippen LogP contribution >= 0.6 is 11.3 Å². The van der Waals surface area contributed by atoms with Crippen LogP contribution in [-0.2, 0) is 0 Å². The molecule has 2 aromatic rings. The van der Waals surface area contributed by atoms with E-state index in [2.05, 4.69) is 41.5 Å². The molecule has 0 aliphatic heterocycles. The highest BCUT2D eigenvalue weighted by Gasteiger charge is 2.20. The minimum Gasteiger partial charge on any atom is -0.382 e. The summed E-state index contributed by atoms with van der Waals surface area (Å²) in [5.74, 6) is 0.913. The molecule has 0 amide bonds. The van der Waals surface area contributed by atoms with Crippen molar-refractivity contribution in [3.05, 3.63) is 35.8 Å². The zero-order valence-electron chi connectivity index (χ0n) is 12.0. The van der Waals surface area contributed by atoms with Crippen LogP contribution in [0.2, 0.25) is 0 Å². The van der Waals surface area contributed by atoms with Crippen molar-refractivity contribution < 1.29 is 0 Å². The molecule has 1 aromatic heterocycles. The molecule has 106 valence electrons. The predicted molar refractivity (Wildman–Crippen MR) is 87.2 cm³/mol. The maximum absolute atomic E-state index is 4.35. The second-order valence-corrected chi connectivity index (χ2v) is 6.59. The van der Waals surface area contributed by atoms with Crippen molar-refractivity contribution in [2.45, 2.75) is 45.1 Å². The standard InChI is InChI=1S/C17H22N2S/c1-2-13-4-3-5-16(12-13)19-15-8-6-14(7-9-15)17-18-10-11-20-17/h6-11,13,16,19H,2-5,12H2,1H3. The molecular formula is C17H22N2S. The summed E-state index contributed by atoms with van der Waals surface area (Å²) < 4.78 is 0. The molecule has 3 heteroatoms. The van der Waals surface area contributed by atoms with Crippen molar-refractivity contribution in [2.75, 3.05) is 5.32 Å². The lowest BCUT2D eigenvalue weighted by atomic mass is 9.84. The Balaban J connectivity index is 1.63. The third kappa shape index (κ3) is 3.21. The molecule has 0 bridgehead atoms. The maximum atomic E-state index is 4.35. The normalized spacial score (nSPS) is 22.6. The molecule has 1 fully saturated rings. The van der Waals surface area contributed by atoms with Crippen LogP contribution in [0, 0.1) is 5.92 Å². The summed E-state index contributed by atoms with van der Waals surface area (Å²) >= 11 is 1.69. The number of anilines is 1. The van der Waals surface area contributed by atoms with Gasteiger partial charge in [0.05, 0.1) is 0 Å². The van der Waals surface area contributed by atoms with Crippen molar-refractivity contribution in [1.29, 1.82) is 0 Å². The topological polar surface area (TPSA) is 24.9 Å². The number of rotatable bonds is 4. The molecule has 2 nitrogen and oxygen atoms in total. The van der Waals surface area contributed by atoms with E-state index in [4.69, 9.17) is 0 Å². The molecule has 0 radical (unpaired) electrons. The minimum absolute atomic E-state index is 0.652. The van der Waals surface area contributed by atoms with Gasteiger partial charge in [-0.25, -0.2) is 4.98 Å². The van der Waals surface area contributed by atoms with Crippen molar-refractivity contribution in [3.63, 3.8) is 0 Å². The Morgan fingerprint density at radius 2 is 2.10 bits per heavy atom. The van der Waals surface area contributed by atoms with Crippen LogP contribution in [0.5, 0.6) is 0 Å². The fraction of sp³-hybridized carbons (Fsp3) is 0.471. The first kappa shape index (κ1) is 13.6. The van der Waals surface area contributed by atoms with Gasteiger partial charge in [0.1, 0.15) is 5.01 Å². The van der Waals surface area contributed by atoms with Gasteiger partial charge >= 0.3 is 0 Å². The number of thiazole rings is 1. The fourth-order valence-corrected chi connectivity index (χ4v) is 3.75. The van der Waals surface area contributed by atoms with E-state index in [0.717, 1.165) is 10.9 Å². The van der Waals surface area contributed by atoms with E-state index in [1.807, 2.05) is 11.6 Å². The van der Waals surface area contributed by atoms with E-state index in [0.29, 0.717) is 6.04 Å². The Kier molecular flexibility index (Phi) is 4.36. The zero-order chi connectivity index (χ0) is 13.8. The number of benzene rings is 1. The summed E-state index contributed by atoms with van der Waals surface area (Å²) in [4.78, 5) is 4.35. The van der Waals surface area contributed by atoms with Crippen LogP contribution in [0.3, 0.4) is 0 Å². The lowest BCUT2D eigenvalue weighted by Gasteiger charge is -2.29. The number of aromatic nitrogens is 1. The molecule has 1 aliphatic carbocycles. The fourth-order valence-electron chi connectivity index (χ4n) is 3.10. The van der Waals surface area contributed by atoms with Gasteiger partial charge < -0.3 is 5.32 Å². The average Bonchev–Trinajstić information content (AvgIpc) is 3.02. The number of hydrogen-bond acceptors (Lipinski definition) is 3. The Bertz CT molecular complexity index is 518. The van der Waals surface area contributed by atoms with Crippen LogP contribution in [-0.4, -0.2) is 11.0 Å². The van der Waals surface area contributed by atoms with Crippen LogP contribution in [0.15, 0.2) is 35.8 Å². The van der Waals surface area contributed by atoms with Crippen molar-refractivity contribution in [1.82, 2.24) is 4.98 Å². The highest BCUT2D eigenvalue weighted by molar-refractivity contribution is 7.13. The van der Waals surface area contributed by atoms with Gasteiger partial charge in [-0.1, -0.05) is 26.2 Å². The van der Waals surface area contributed by atoms with Crippen molar-refractivity contribution in [2.24, 2.45) is 5.92 Å². The summed E-state index contributed by atoms with van der Waals surface area (Å²) in [6, 6.07) is 9.36. The first-order valence-corrected chi connectivity index (χ1v) is 8.49. The van der Waals surface area contributed by atoms with E-state index in [1.54, 1.807) is 11.3 Å². The van der Waals surface area contributed by atoms with E-state index in [-0.39, 0.29) is 0 Å². The molecule has 1 saturated carbocycles. The Morgan fingerprint density at radius 1 is 1.25 bits per heavy atom. The van der Waals surface area contributed by atoms with Gasteiger partial charge in [-0.05, 0) is 43.0 Å². The first-order chi connectivity index (χ1) is 9.85. The van der Waals surface area contributed by atoms with Gasteiger partial charge in [-0.15, -0.1) is 11.3 Å². The molecule has 1 N–H and O–H groups in total. The molecule has 2 unspecified atom stereocenters. The molecule has 20 heavy (non-hydrogen) atoms. The van der Waals surface area contributed by atoms with E-state index in [1.165, 1.54) is 43.4 Å². The summed E-state index contributed by atoms with van der Waals surface area (Å²) in [7, 11) is 0. The molecule has 2 atom stereocenters. The minimum atomic E-state index is 0.652. The second-order valence-electron chi connectivity index (χ2n) is 5.70. The molecule has 1 aromatic carbocycles. The van der Waals surface area contributed by atoms with E-state index >= 15 is 0 Å². The van der Waals surface area contributed by atoms with E-state index in [9.17, 15) is 0 Å². The smallest absolute Gasteiger partial charge is 0.123 e. The molecule has 0 saturated heterocycles. The van der Waals surface area contributed by atoms with Gasteiger partial charge in [0.25, 0.3) is 0 Å². The monoisotopic (exact) mass is 286 g/mol. The predicted octanol–water partition coefficient (Wildman–Crippen LogP) is 5.19. The highest BCUT2D eigenvalue weighted by Crippen LogP contribution is 2.29. The van der Waals surface area contributed by atoms with Crippen LogP contribution in [0.25, 0.3) is 10.6 Å². The maximum Gasteiger partial charge on any atom is 0.123 e. The number of nitrogens with one attached hydrogen (secondary N) is 1. The van der Waals surface area contributed by atoms with Gasteiger partial charge in [-0.3, -0.25) is 0 Å². The summed E-state index contributed by atoms with van der Waals surface area (Å²) in [5, 5.41) is 6.82. The quantitative estimate of drug-likeness (QED) is 0.836.